The molecule has 114 valence electrons. The summed E-state index contributed by atoms with van der Waals surface area (Å²) in [4.78, 5) is 11.6. The molecule has 0 unspecified atom stereocenters. The number of azo groups is 1. The fraction of sp³-hybridized carbons (Fsp3) is 0. The molecule has 0 radical (unpaired) electrons. The van der Waals surface area contributed by atoms with Crippen LogP contribution < -0.4 is 10.9 Å². The van der Waals surface area contributed by atoms with Crippen LogP contribution in [-0.2, 0) is 0 Å². The molecule has 0 heterocycles. The number of hydrogen-bond acceptors (Lipinski definition) is 3. The Kier molecular flexibility index (Phi) is 5.85. The molecule has 0 aliphatic carbocycles. The van der Waals surface area contributed by atoms with Gasteiger partial charge in [-0.25, -0.2) is 10.2 Å². The molecule has 2 rings (SSSR count). The predicted molar refractivity (Wildman–Crippen MR) is 89.6 cm³/mol. The Morgan fingerprint density at radius 3 is 2.18 bits per heavy atom. The number of urea groups is 1. The lowest BCUT2D eigenvalue weighted by Crippen LogP contribution is -2.26. The van der Waals surface area contributed by atoms with Crippen LogP contribution in [0.2, 0.25) is 20.1 Å². The zero-order chi connectivity index (χ0) is 16.1. The number of carbonyl (C=O) groups excluding carboxylic acids is 1. The van der Waals surface area contributed by atoms with Crippen LogP contribution in [0, 0.1) is 0 Å². The molecule has 2 aromatic carbocycles. The van der Waals surface area contributed by atoms with Crippen molar-refractivity contribution in [2.45, 2.75) is 0 Å². The topological polar surface area (TPSA) is 65.8 Å². The van der Waals surface area contributed by atoms with Crippen molar-refractivity contribution in [2.75, 3.05) is 5.43 Å². The first-order valence-electron chi connectivity index (χ1n) is 5.83. The van der Waals surface area contributed by atoms with E-state index in [4.69, 9.17) is 46.4 Å². The molecule has 2 aromatic rings. The van der Waals surface area contributed by atoms with Gasteiger partial charge in [-0.3, -0.25) is 5.43 Å². The summed E-state index contributed by atoms with van der Waals surface area (Å²) in [7, 11) is 0. The number of nitrogens with zero attached hydrogens (tertiary/aromatic N) is 2. The van der Waals surface area contributed by atoms with Crippen molar-refractivity contribution in [1.29, 1.82) is 0 Å². The van der Waals surface area contributed by atoms with Gasteiger partial charge in [0.2, 0.25) is 0 Å². The maximum absolute atomic E-state index is 11.6. The molecular weight excluding hydrogens is 370 g/mol. The van der Waals surface area contributed by atoms with E-state index < -0.39 is 6.03 Å². The number of amides is 2. The molecular formula is C13H8Cl4N4O. The summed E-state index contributed by atoms with van der Waals surface area (Å²) in [6.45, 7) is 0. The molecule has 2 amide bonds. The first-order valence-corrected chi connectivity index (χ1v) is 7.35. The summed E-state index contributed by atoms with van der Waals surface area (Å²) in [5.74, 6) is 0. The minimum absolute atomic E-state index is 0.290. The zero-order valence-corrected chi connectivity index (χ0v) is 13.8. The average molecular weight is 378 g/mol. The predicted octanol–water partition coefficient (Wildman–Crippen LogP) is 6.12. The SMILES string of the molecule is O=C(N=Nc1ccc(Cl)cc1Cl)NNc1ccc(Cl)cc1Cl. The second kappa shape index (κ2) is 7.65. The maximum atomic E-state index is 11.6. The second-order valence-electron chi connectivity index (χ2n) is 3.98. The third-order valence-electron chi connectivity index (χ3n) is 2.39. The molecule has 0 fully saturated rings. The summed E-state index contributed by atoms with van der Waals surface area (Å²) in [5.41, 5.74) is 5.71. The number of halogens is 4. The molecule has 5 nitrogen and oxygen atoms in total. The van der Waals surface area contributed by atoms with E-state index >= 15 is 0 Å². The molecule has 0 saturated heterocycles. The number of hydrogen-bond donors (Lipinski definition) is 2. The molecule has 0 aliphatic rings. The van der Waals surface area contributed by atoms with Gasteiger partial charge in [0, 0.05) is 10.0 Å². The Bertz CT molecular complexity index is 736. The Balaban J connectivity index is 1.96. The fourth-order valence-corrected chi connectivity index (χ4v) is 2.30. The van der Waals surface area contributed by atoms with Gasteiger partial charge >= 0.3 is 6.03 Å². The summed E-state index contributed by atoms with van der Waals surface area (Å²) < 4.78 is 0. The lowest BCUT2D eigenvalue weighted by Gasteiger charge is -2.07. The maximum Gasteiger partial charge on any atom is 0.378 e. The van der Waals surface area contributed by atoms with Crippen molar-refractivity contribution < 1.29 is 4.79 Å². The first kappa shape index (κ1) is 16.8. The van der Waals surface area contributed by atoms with Crippen molar-refractivity contribution in [3.05, 3.63) is 56.5 Å². The summed E-state index contributed by atoms with van der Waals surface area (Å²) in [5, 5.41) is 8.78. The third-order valence-corrected chi connectivity index (χ3v) is 3.48. The monoisotopic (exact) mass is 376 g/mol. The standard InChI is InChI=1S/C13H8Cl4N4O/c14-7-1-3-11(9(16)5-7)18-20-13(22)21-19-12-4-2-8(15)6-10(12)17/h1-6,18H,(H,20,22). The first-order chi connectivity index (χ1) is 10.5. The Labute approximate surface area is 146 Å². The lowest BCUT2D eigenvalue weighted by molar-refractivity contribution is 0.249. The zero-order valence-electron chi connectivity index (χ0n) is 10.8. The van der Waals surface area contributed by atoms with Gasteiger partial charge in [0.05, 0.1) is 15.7 Å². The van der Waals surface area contributed by atoms with Gasteiger partial charge < -0.3 is 0 Å². The van der Waals surface area contributed by atoms with Crippen molar-refractivity contribution in [1.82, 2.24) is 5.43 Å². The third kappa shape index (κ3) is 4.74. The van der Waals surface area contributed by atoms with Gasteiger partial charge in [0.1, 0.15) is 5.69 Å². The number of rotatable bonds is 3. The lowest BCUT2D eigenvalue weighted by atomic mass is 10.3. The normalized spacial score (nSPS) is 10.7. The van der Waals surface area contributed by atoms with Gasteiger partial charge in [0.15, 0.2) is 0 Å². The number of anilines is 1. The Morgan fingerprint density at radius 1 is 0.909 bits per heavy atom. The van der Waals surface area contributed by atoms with Crippen molar-refractivity contribution in [2.24, 2.45) is 10.2 Å². The van der Waals surface area contributed by atoms with Crippen molar-refractivity contribution >= 4 is 63.8 Å². The molecule has 0 aromatic heterocycles. The summed E-state index contributed by atoms with van der Waals surface area (Å²) >= 11 is 23.4. The molecule has 22 heavy (non-hydrogen) atoms. The van der Waals surface area contributed by atoms with Crippen LogP contribution in [0.1, 0.15) is 0 Å². The van der Waals surface area contributed by atoms with Crippen LogP contribution in [-0.4, -0.2) is 6.03 Å². The quantitative estimate of drug-likeness (QED) is 0.499. The Hall–Kier alpha value is -1.53. The van der Waals surface area contributed by atoms with Gasteiger partial charge in [-0.15, -0.1) is 5.11 Å². The number of carbonyl (C=O) groups is 1. The van der Waals surface area contributed by atoms with E-state index in [2.05, 4.69) is 21.1 Å². The van der Waals surface area contributed by atoms with E-state index in [1.807, 2.05) is 0 Å². The van der Waals surface area contributed by atoms with Crippen molar-refractivity contribution in [3.63, 3.8) is 0 Å². The van der Waals surface area contributed by atoms with Gasteiger partial charge in [0.25, 0.3) is 0 Å². The summed E-state index contributed by atoms with van der Waals surface area (Å²) in [6, 6.07) is 8.68. The highest BCUT2D eigenvalue weighted by Gasteiger charge is 2.04. The second-order valence-corrected chi connectivity index (χ2v) is 5.66. The van der Waals surface area contributed by atoms with Crippen LogP contribution in [0.3, 0.4) is 0 Å². The minimum Gasteiger partial charge on any atom is -0.296 e. The van der Waals surface area contributed by atoms with E-state index in [1.54, 1.807) is 24.3 Å². The average Bonchev–Trinajstić information content (AvgIpc) is 2.45. The number of hydrazine groups is 1. The summed E-state index contributed by atoms with van der Waals surface area (Å²) in [6.07, 6.45) is 0. The highest BCUT2D eigenvalue weighted by Crippen LogP contribution is 2.28. The Morgan fingerprint density at radius 2 is 1.55 bits per heavy atom. The smallest absolute Gasteiger partial charge is 0.296 e. The highest BCUT2D eigenvalue weighted by molar-refractivity contribution is 6.36. The van der Waals surface area contributed by atoms with Crippen molar-refractivity contribution in [3.8, 4) is 0 Å². The van der Waals surface area contributed by atoms with Crippen LogP contribution in [0.5, 0.6) is 0 Å². The molecule has 0 atom stereocenters. The molecule has 0 saturated carbocycles. The highest BCUT2D eigenvalue weighted by atomic mass is 35.5. The van der Waals surface area contributed by atoms with Gasteiger partial charge in [-0.1, -0.05) is 51.5 Å². The van der Waals surface area contributed by atoms with E-state index in [0.29, 0.717) is 26.4 Å². The number of nitrogens with one attached hydrogen (secondary N) is 2. The van der Waals surface area contributed by atoms with Gasteiger partial charge in [-0.2, -0.15) is 0 Å². The minimum atomic E-state index is -0.725. The fourth-order valence-electron chi connectivity index (χ4n) is 1.40. The van der Waals surface area contributed by atoms with E-state index in [1.165, 1.54) is 12.1 Å². The molecule has 2 N–H and O–H groups in total. The molecule has 0 spiro atoms. The molecule has 0 aliphatic heterocycles. The van der Waals surface area contributed by atoms with E-state index in [0.717, 1.165) is 0 Å². The molecule has 0 bridgehead atoms. The van der Waals surface area contributed by atoms with Crippen LogP contribution in [0.25, 0.3) is 0 Å². The van der Waals surface area contributed by atoms with Gasteiger partial charge in [-0.05, 0) is 36.4 Å². The van der Waals surface area contributed by atoms with Crippen LogP contribution >= 0.6 is 46.4 Å². The number of benzene rings is 2. The van der Waals surface area contributed by atoms with Crippen LogP contribution in [0.4, 0.5) is 16.2 Å². The largest absolute Gasteiger partial charge is 0.378 e. The molecule has 9 heteroatoms. The van der Waals surface area contributed by atoms with E-state index in [9.17, 15) is 4.79 Å². The van der Waals surface area contributed by atoms with E-state index in [-0.39, 0.29) is 5.02 Å². The van der Waals surface area contributed by atoms with Crippen LogP contribution in [0.15, 0.2) is 46.6 Å².